The lowest BCUT2D eigenvalue weighted by Gasteiger charge is -2.06. The van der Waals surface area contributed by atoms with E-state index < -0.39 is 10.6 Å². The van der Waals surface area contributed by atoms with Crippen LogP contribution in [0.1, 0.15) is 0 Å². The monoisotopic (exact) mass is 274 g/mol. The third-order valence-corrected chi connectivity index (χ3v) is 3.27. The van der Waals surface area contributed by atoms with Gasteiger partial charge in [-0.2, -0.15) is 0 Å². The molecular weight excluding hydrogens is 274 g/mol. The average molecular weight is 276 g/mol. The largest absolute Gasteiger partial charge is 0.392 e. The van der Waals surface area contributed by atoms with E-state index in [1.165, 1.54) is 0 Å². The Balaban J connectivity index is 3.68. The number of anilines is 1. The smallest absolute Gasteiger partial charge is 0.313 e. The molecule has 0 aliphatic heterocycles. The van der Waals surface area contributed by atoms with E-state index in [0.29, 0.717) is 0 Å². The molecule has 0 saturated carbocycles. The Morgan fingerprint density at radius 1 is 1.00 bits per heavy atom. The Morgan fingerprint density at radius 2 is 1.43 bits per heavy atom. The highest BCUT2D eigenvalue weighted by molar-refractivity contribution is 6.53. The van der Waals surface area contributed by atoms with Crippen molar-refractivity contribution in [2.75, 3.05) is 5.73 Å². The van der Waals surface area contributed by atoms with Crippen molar-refractivity contribution >= 4 is 57.8 Å². The van der Waals surface area contributed by atoms with E-state index in [-0.39, 0.29) is 25.8 Å². The molecule has 0 amide bonds. The number of nitro groups is 1. The predicted molar refractivity (Wildman–Crippen MR) is 57.5 cm³/mol. The maximum Gasteiger partial charge on any atom is 0.313 e. The highest BCUT2D eigenvalue weighted by Crippen LogP contribution is 2.46. The topological polar surface area (TPSA) is 69.2 Å². The maximum atomic E-state index is 10.5. The number of hydrogen-bond donors (Lipinski definition) is 1. The Morgan fingerprint density at radius 3 is 1.86 bits per heavy atom. The van der Waals surface area contributed by atoms with Gasteiger partial charge in [0, 0.05) is 0 Å². The summed E-state index contributed by atoms with van der Waals surface area (Å²) in [5.74, 6) is 0. The van der Waals surface area contributed by atoms with Crippen LogP contribution in [0.25, 0.3) is 0 Å². The number of benzene rings is 1. The number of nitro benzene ring substituents is 1. The van der Waals surface area contributed by atoms with Gasteiger partial charge in [0.15, 0.2) is 0 Å². The second-order valence-electron chi connectivity index (χ2n) is 2.28. The van der Waals surface area contributed by atoms with Gasteiger partial charge in [0.05, 0.1) is 20.0 Å². The van der Waals surface area contributed by atoms with Crippen LogP contribution in [0.3, 0.4) is 0 Å². The van der Waals surface area contributed by atoms with Crippen molar-refractivity contribution in [1.82, 2.24) is 0 Å². The molecule has 0 atom stereocenters. The van der Waals surface area contributed by atoms with Crippen LogP contribution in [0.4, 0.5) is 11.4 Å². The first kappa shape index (κ1) is 11.7. The molecule has 0 radical (unpaired) electrons. The highest BCUT2D eigenvalue weighted by Gasteiger charge is 2.26. The van der Waals surface area contributed by atoms with E-state index in [4.69, 9.17) is 52.1 Å². The van der Waals surface area contributed by atoms with E-state index in [2.05, 4.69) is 0 Å². The molecule has 76 valence electrons. The van der Waals surface area contributed by atoms with E-state index >= 15 is 0 Å². The van der Waals surface area contributed by atoms with Crippen LogP contribution in [-0.4, -0.2) is 4.92 Å². The van der Waals surface area contributed by atoms with Gasteiger partial charge in [-0.1, -0.05) is 46.4 Å². The minimum absolute atomic E-state index is 0.0959. The Hall–Kier alpha value is -0.420. The third kappa shape index (κ3) is 1.70. The fourth-order valence-corrected chi connectivity index (χ4v) is 1.74. The molecule has 0 spiro atoms. The minimum Gasteiger partial charge on any atom is -0.392 e. The molecule has 0 aromatic heterocycles. The summed E-state index contributed by atoms with van der Waals surface area (Å²) in [4.78, 5) is 9.77. The van der Waals surface area contributed by atoms with Crippen LogP contribution in [0.5, 0.6) is 0 Å². The van der Waals surface area contributed by atoms with Crippen LogP contribution in [0, 0.1) is 10.1 Å². The van der Waals surface area contributed by atoms with Gasteiger partial charge in [-0.15, -0.1) is 0 Å². The van der Waals surface area contributed by atoms with E-state index in [0.717, 1.165) is 0 Å². The number of hydrogen-bond acceptors (Lipinski definition) is 3. The number of rotatable bonds is 1. The normalized spacial score (nSPS) is 10.3. The van der Waals surface area contributed by atoms with Crippen LogP contribution >= 0.6 is 46.4 Å². The molecule has 8 heteroatoms. The first-order valence-electron chi connectivity index (χ1n) is 3.13. The molecule has 2 N–H and O–H groups in total. The van der Waals surface area contributed by atoms with Gasteiger partial charge >= 0.3 is 5.69 Å². The molecule has 1 rings (SSSR count). The van der Waals surface area contributed by atoms with Crippen molar-refractivity contribution in [3.63, 3.8) is 0 Å². The predicted octanol–water partition coefficient (Wildman–Crippen LogP) is 3.79. The Bertz CT molecular complexity index is 392. The standard InChI is InChI=1S/C6H2Cl4N2O2/c7-1-2(8)4(10)6(12(13)14)5(11)3(1)9/h11H2. The zero-order valence-corrected chi connectivity index (χ0v) is 9.38. The van der Waals surface area contributed by atoms with Crippen molar-refractivity contribution in [2.24, 2.45) is 0 Å². The molecule has 0 aliphatic rings. The van der Waals surface area contributed by atoms with Gasteiger partial charge < -0.3 is 5.73 Å². The van der Waals surface area contributed by atoms with E-state index in [1.54, 1.807) is 0 Å². The second-order valence-corrected chi connectivity index (χ2v) is 3.79. The van der Waals surface area contributed by atoms with Crippen LogP contribution in [0.2, 0.25) is 20.1 Å². The van der Waals surface area contributed by atoms with Gasteiger partial charge in [0.25, 0.3) is 0 Å². The zero-order chi connectivity index (χ0) is 11.0. The lowest BCUT2D eigenvalue weighted by atomic mass is 10.2. The molecule has 1 aromatic rings. The van der Waals surface area contributed by atoms with Gasteiger partial charge in [-0.3, -0.25) is 10.1 Å². The molecule has 0 heterocycles. The number of nitrogens with zero attached hydrogens (tertiary/aromatic N) is 1. The molecule has 0 fully saturated rings. The molecule has 1 aromatic carbocycles. The summed E-state index contributed by atoms with van der Waals surface area (Å²) in [5, 5.41) is 9.77. The summed E-state index contributed by atoms with van der Waals surface area (Å²) in [6.45, 7) is 0. The minimum atomic E-state index is -0.772. The quantitative estimate of drug-likeness (QED) is 0.279. The molecule has 4 nitrogen and oxygen atoms in total. The molecule has 14 heavy (non-hydrogen) atoms. The molecule has 0 bridgehead atoms. The number of nitrogens with two attached hydrogens (primary N) is 1. The fraction of sp³-hybridized carbons (Fsp3) is 0. The SMILES string of the molecule is Nc1c(Cl)c(Cl)c(Cl)c(Cl)c1[N+](=O)[O-]. The van der Waals surface area contributed by atoms with Crippen LogP contribution in [0.15, 0.2) is 0 Å². The fourth-order valence-electron chi connectivity index (χ4n) is 0.816. The summed E-state index contributed by atoms with van der Waals surface area (Å²) in [6, 6.07) is 0. The lowest BCUT2D eigenvalue weighted by molar-refractivity contribution is -0.383. The molecular formula is C6H2Cl4N2O2. The summed E-state index contributed by atoms with van der Waals surface area (Å²) >= 11 is 22.4. The van der Waals surface area contributed by atoms with Crippen LogP contribution < -0.4 is 5.73 Å². The van der Waals surface area contributed by atoms with Gasteiger partial charge in [-0.05, 0) is 0 Å². The number of nitrogen functional groups attached to an aromatic ring is 1. The van der Waals surface area contributed by atoms with Crippen LogP contribution in [-0.2, 0) is 0 Å². The van der Waals surface area contributed by atoms with Gasteiger partial charge in [-0.25, -0.2) is 0 Å². The van der Waals surface area contributed by atoms with Crippen molar-refractivity contribution in [2.45, 2.75) is 0 Å². The van der Waals surface area contributed by atoms with Crippen molar-refractivity contribution < 1.29 is 4.92 Å². The van der Waals surface area contributed by atoms with Gasteiger partial charge in [0.1, 0.15) is 10.7 Å². The zero-order valence-electron chi connectivity index (χ0n) is 6.35. The molecule has 0 aliphatic carbocycles. The number of halogens is 4. The highest BCUT2D eigenvalue weighted by atomic mass is 35.5. The van der Waals surface area contributed by atoms with Gasteiger partial charge in [0.2, 0.25) is 0 Å². The van der Waals surface area contributed by atoms with E-state index in [1.807, 2.05) is 0 Å². The average Bonchev–Trinajstić information content (AvgIpc) is 2.11. The molecule has 0 saturated heterocycles. The maximum absolute atomic E-state index is 10.5. The third-order valence-electron chi connectivity index (χ3n) is 1.46. The van der Waals surface area contributed by atoms with Crippen molar-refractivity contribution in [1.29, 1.82) is 0 Å². The first-order valence-corrected chi connectivity index (χ1v) is 4.65. The van der Waals surface area contributed by atoms with Crippen molar-refractivity contribution in [3.8, 4) is 0 Å². The lowest BCUT2D eigenvalue weighted by Crippen LogP contribution is -1.98. The summed E-state index contributed by atoms with van der Waals surface area (Å²) in [6.07, 6.45) is 0. The summed E-state index contributed by atoms with van der Waals surface area (Å²) in [5.41, 5.74) is 4.52. The second kappa shape index (κ2) is 3.98. The molecule has 0 unspecified atom stereocenters. The summed E-state index contributed by atoms with van der Waals surface area (Å²) in [7, 11) is 0. The first-order chi connectivity index (χ1) is 6.37. The van der Waals surface area contributed by atoms with Crippen molar-refractivity contribution in [3.05, 3.63) is 30.2 Å². The Labute approximate surface area is 98.6 Å². The Kier molecular flexibility index (Phi) is 3.32. The van der Waals surface area contributed by atoms with E-state index in [9.17, 15) is 10.1 Å². The summed E-state index contributed by atoms with van der Waals surface area (Å²) < 4.78 is 0.